The topological polar surface area (TPSA) is 155 Å². The molecule has 12 heteroatoms. The highest BCUT2D eigenvalue weighted by Crippen LogP contribution is 2.43. The van der Waals surface area contributed by atoms with Gasteiger partial charge in [0.25, 0.3) is 0 Å². The maximum Gasteiger partial charge on any atom is 0.472 e. The van der Waals surface area contributed by atoms with Crippen LogP contribution in [0.2, 0.25) is 0 Å². The van der Waals surface area contributed by atoms with Crippen molar-refractivity contribution in [1.29, 1.82) is 0 Å². The van der Waals surface area contributed by atoms with Crippen LogP contribution in [0.25, 0.3) is 0 Å². The average Bonchev–Trinajstić information content (AvgIpc) is 3.39. The maximum absolute atomic E-state index is 12.9. The maximum atomic E-state index is 12.9. The van der Waals surface area contributed by atoms with Gasteiger partial charge in [0.1, 0.15) is 12.7 Å². The van der Waals surface area contributed by atoms with E-state index in [-0.39, 0.29) is 25.9 Å². The number of ether oxygens (including phenoxy) is 3. The van der Waals surface area contributed by atoms with Gasteiger partial charge in [-0.1, -0.05) is 229 Å². The zero-order valence-electron chi connectivity index (χ0n) is 47.3. The fourth-order valence-electron chi connectivity index (χ4n) is 8.08. The average molecular weight is 1060 g/mol. The van der Waals surface area contributed by atoms with E-state index in [0.29, 0.717) is 19.3 Å². The summed E-state index contributed by atoms with van der Waals surface area (Å²) < 4.78 is 39.5. The molecule has 0 aliphatic rings. The van der Waals surface area contributed by atoms with Crippen LogP contribution in [0.1, 0.15) is 265 Å². The number of carbonyl (C=O) groups excluding carboxylic acids is 3. The molecular weight excluding hydrogens is 952 g/mol. The second-order valence-electron chi connectivity index (χ2n) is 19.8. The van der Waals surface area contributed by atoms with Gasteiger partial charge in [0.15, 0.2) is 6.10 Å². The normalized spacial score (nSPS) is 13.9. The number of esters is 3. The van der Waals surface area contributed by atoms with Crippen LogP contribution in [0, 0.1) is 0 Å². The molecule has 3 unspecified atom stereocenters. The highest BCUT2D eigenvalue weighted by molar-refractivity contribution is 7.47. The van der Waals surface area contributed by atoms with Crippen molar-refractivity contribution in [3.8, 4) is 0 Å². The Morgan fingerprint density at radius 2 is 0.703 bits per heavy atom. The number of allylic oxidation sites excluding steroid dienone is 12. The fraction of sp³-hybridized carbons (Fsp3) is 0.758. The van der Waals surface area contributed by atoms with E-state index in [1.807, 2.05) is 0 Å². The van der Waals surface area contributed by atoms with Crippen molar-refractivity contribution < 1.29 is 52.2 Å². The number of aliphatic hydroxyl groups excluding tert-OH is 1. The van der Waals surface area contributed by atoms with Crippen molar-refractivity contribution >= 4 is 25.7 Å². The van der Waals surface area contributed by atoms with Gasteiger partial charge in [-0.25, -0.2) is 4.57 Å². The second kappa shape index (κ2) is 56.1. The van der Waals surface area contributed by atoms with Crippen molar-refractivity contribution in [2.75, 3.05) is 26.4 Å². The van der Waals surface area contributed by atoms with Gasteiger partial charge in [0, 0.05) is 19.3 Å². The van der Waals surface area contributed by atoms with Crippen LogP contribution < -0.4 is 0 Å². The molecule has 0 rings (SSSR count). The van der Waals surface area contributed by atoms with Gasteiger partial charge in [-0.2, -0.15) is 0 Å². The fourth-order valence-corrected chi connectivity index (χ4v) is 8.87. The van der Waals surface area contributed by atoms with Crippen LogP contribution >= 0.6 is 7.82 Å². The summed E-state index contributed by atoms with van der Waals surface area (Å²) in [6.07, 6.45) is 63.0. The molecule has 0 fully saturated rings. The molecule has 0 aliphatic heterocycles. The van der Waals surface area contributed by atoms with Crippen LogP contribution in [-0.4, -0.2) is 66.5 Å². The van der Waals surface area contributed by atoms with Gasteiger partial charge in [-0.3, -0.25) is 23.4 Å². The Hall–Kier alpha value is -3.08. The first-order chi connectivity index (χ1) is 36.2. The molecule has 0 saturated carbocycles. The molecule has 0 heterocycles. The summed E-state index contributed by atoms with van der Waals surface area (Å²) in [5.74, 6) is -1.50. The van der Waals surface area contributed by atoms with Gasteiger partial charge in [0.05, 0.1) is 19.8 Å². The number of hydrogen-bond acceptors (Lipinski definition) is 10. The number of hydrogen-bond donors (Lipinski definition) is 2. The third kappa shape index (κ3) is 53.7. The summed E-state index contributed by atoms with van der Waals surface area (Å²) in [5.41, 5.74) is 0. The number of unbranched alkanes of at least 4 members (excludes halogenated alkanes) is 26. The molecule has 0 aromatic rings. The standard InChI is InChI=1S/C62H109O11P/c1-4-7-10-13-16-19-21-23-25-27-29-31-33-35-37-40-42-45-48-51-60(64)69-55-59(57-71-74(67,68)70-56-58(54-63)72-61(65)52-49-46-43-39-18-15-12-9-6-3)73-62(66)53-50-47-44-41-38-36-34-32-30-28-26-24-22-20-17-14-11-8-5-2/h8,11,17,20,23-26,30,32,36,38,58-59,63H,4-7,9-10,12-16,18-19,21-22,27-29,31,33-35,37,39-57H2,1-3H3,(H,67,68)/b11-8-,20-17-,25-23-,26-24-,32-30-,38-36-. The molecule has 0 aliphatic carbocycles. The lowest BCUT2D eigenvalue weighted by molar-refractivity contribution is -0.161. The first kappa shape index (κ1) is 70.9. The number of aliphatic hydroxyl groups is 1. The van der Waals surface area contributed by atoms with Crippen molar-refractivity contribution in [1.82, 2.24) is 0 Å². The molecule has 0 aromatic heterocycles. The monoisotopic (exact) mass is 1060 g/mol. The molecule has 0 bridgehead atoms. The molecule has 0 aromatic carbocycles. The first-order valence-electron chi connectivity index (χ1n) is 29.8. The Kier molecular flexibility index (Phi) is 53.8. The van der Waals surface area contributed by atoms with E-state index < -0.39 is 57.8 Å². The minimum absolute atomic E-state index is 0.128. The van der Waals surface area contributed by atoms with Crippen LogP contribution in [0.15, 0.2) is 72.9 Å². The van der Waals surface area contributed by atoms with E-state index in [1.165, 1.54) is 116 Å². The van der Waals surface area contributed by atoms with Crippen LogP contribution in [0.3, 0.4) is 0 Å². The van der Waals surface area contributed by atoms with Crippen molar-refractivity contribution in [3.63, 3.8) is 0 Å². The van der Waals surface area contributed by atoms with E-state index in [4.69, 9.17) is 23.3 Å². The van der Waals surface area contributed by atoms with Crippen molar-refractivity contribution in [3.05, 3.63) is 72.9 Å². The lowest BCUT2D eigenvalue weighted by atomic mass is 10.1. The molecule has 428 valence electrons. The number of phosphoric ester groups is 1. The van der Waals surface area contributed by atoms with Gasteiger partial charge < -0.3 is 24.2 Å². The van der Waals surface area contributed by atoms with E-state index >= 15 is 0 Å². The Labute approximate surface area is 452 Å². The predicted molar refractivity (Wildman–Crippen MR) is 307 cm³/mol. The molecule has 3 atom stereocenters. The summed E-state index contributed by atoms with van der Waals surface area (Å²) in [6, 6.07) is 0. The molecular formula is C62H109O11P. The van der Waals surface area contributed by atoms with Gasteiger partial charge >= 0.3 is 25.7 Å². The highest BCUT2D eigenvalue weighted by atomic mass is 31.2. The van der Waals surface area contributed by atoms with E-state index in [2.05, 4.69) is 93.7 Å². The summed E-state index contributed by atoms with van der Waals surface area (Å²) in [6.45, 7) is 4.48. The van der Waals surface area contributed by atoms with Crippen molar-refractivity contribution in [2.45, 2.75) is 277 Å². The van der Waals surface area contributed by atoms with Gasteiger partial charge in [-0.05, 0) is 89.9 Å². The van der Waals surface area contributed by atoms with E-state index in [0.717, 1.165) is 89.9 Å². The number of phosphoric acid groups is 1. The summed E-state index contributed by atoms with van der Waals surface area (Å²) in [7, 11) is -4.75. The molecule has 0 amide bonds. The predicted octanol–water partition coefficient (Wildman–Crippen LogP) is 17.7. The van der Waals surface area contributed by atoms with Gasteiger partial charge in [-0.15, -0.1) is 0 Å². The second-order valence-corrected chi connectivity index (χ2v) is 21.2. The summed E-state index contributed by atoms with van der Waals surface area (Å²) in [5, 5.41) is 9.78. The summed E-state index contributed by atoms with van der Waals surface area (Å²) in [4.78, 5) is 48.5. The highest BCUT2D eigenvalue weighted by Gasteiger charge is 2.28. The Morgan fingerprint density at radius 1 is 0.392 bits per heavy atom. The number of rotatable bonds is 55. The van der Waals surface area contributed by atoms with Crippen molar-refractivity contribution in [2.24, 2.45) is 0 Å². The first-order valence-corrected chi connectivity index (χ1v) is 31.3. The molecule has 0 saturated heterocycles. The van der Waals surface area contributed by atoms with Crippen LogP contribution in [0.4, 0.5) is 0 Å². The SMILES string of the molecule is CC/C=C\C/C=C\C/C=C\C/C=C\C/C=C\CCCCCC(=O)OC(COC(=O)CCCCCCCCCCC/C=C\CCCCCCCC)COP(=O)(O)OCC(CO)OC(=O)CCCCCCCCCCC. The Balaban J connectivity index is 4.75. The molecule has 74 heavy (non-hydrogen) atoms. The quantitative estimate of drug-likeness (QED) is 0.0197. The third-order valence-corrected chi connectivity index (χ3v) is 13.6. The largest absolute Gasteiger partial charge is 0.472 e. The smallest absolute Gasteiger partial charge is 0.462 e. The molecule has 0 spiro atoms. The summed E-state index contributed by atoms with van der Waals surface area (Å²) >= 11 is 0. The van der Waals surface area contributed by atoms with Crippen LogP contribution in [-0.2, 0) is 42.2 Å². The zero-order valence-corrected chi connectivity index (χ0v) is 48.2. The minimum atomic E-state index is -4.75. The van der Waals surface area contributed by atoms with E-state index in [1.54, 1.807) is 0 Å². The number of carbonyl (C=O) groups is 3. The minimum Gasteiger partial charge on any atom is -0.462 e. The molecule has 2 N–H and O–H groups in total. The Bertz CT molecular complexity index is 1520. The molecule has 11 nitrogen and oxygen atoms in total. The van der Waals surface area contributed by atoms with E-state index in [9.17, 15) is 28.9 Å². The molecule has 0 radical (unpaired) electrons. The zero-order chi connectivity index (χ0) is 54.1. The Morgan fingerprint density at radius 3 is 1.11 bits per heavy atom. The van der Waals surface area contributed by atoms with Crippen LogP contribution in [0.5, 0.6) is 0 Å². The lowest BCUT2D eigenvalue weighted by Crippen LogP contribution is -2.30. The van der Waals surface area contributed by atoms with Gasteiger partial charge in [0.2, 0.25) is 0 Å². The third-order valence-electron chi connectivity index (χ3n) is 12.6. The lowest BCUT2D eigenvalue weighted by Gasteiger charge is -2.21.